The minimum absolute atomic E-state index is 0.362. The quantitative estimate of drug-likeness (QED) is 0.558. The average Bonchev–Trinajstić information content (AvgIpc) is 2.85. The van der Waals surface area contributed by atoms with E-state index in [1.54, 1.807) is 18.2 Å². The number of amides is 1. The number of hydrogen-bond acceptors (Lipinski definition) is 4. The Labute approximate surface area is 133 Å². The molecule has 0 saturated heterocycles. The largest absolute Gasteiger partial charge is 0.411 e. The highest BCUT2D eigenvalue weighted by Crippen LogP contribution is 2.45. The molecule has 0 saturated carbocycles. The number of nitrogens with zero attached hydrogens (tertiary/aromatic N) is 1. The molecule has 0 fully saturated rings. The molecule has 0 bridgehead atoms. The van der Waals surface area contributed by atoms with E-state index in [0.29, 0.717) is 23.4 Å². The van der Waals surface area contributed by atoms with Gasteiger partial charge in [-0.2, -0.15) is 0 Å². The van der Waals surface area contributed by atoms with Crippen molar-refractivity contribution < 1.29 is 15.1 Å². The van der Waals surface area contributed by atoms with Gasteiger partial charge in [-0.1, -0.05) is 47.6 Å². The lowest BCUT2D eigenvalue weighted by Gasteiger charge is -2.35. The summed E-state index contributed by atoms with van der Waals surface area (Å²) in [6.45, 7) is 0. The third-order valence-corrected chi connectivity index (χ3v) is 4.87. The number of carbonyl (C=O) groups excluding carboxylic acids is 1. The minimum atomic E-state index is -1.72. The molecule has 1 aliphatic heterocycles. The summed E-state index contributed by atoms with van der Waals surface area (Å²) in [5.41, 5.74) is 1.64. The zero-order valence-electron chi connectivity index (χ0n) is 12.4. The van der Waals surface area contributed by atoms with E-state index in [1.165, 1.54) is 0 Å². The normalized spacial score (nSPS) is 27.4. The fraction of sp³-hybridized carbons (Fsp3) is 0.222. The van der Waals surface area contributed by atoms with Crippen LogP contribution in [0, 0.1) is 5.92 Å². The molecule has 0 radical (unpaired) electrons. The van der Waals surface area contributed by atoms with Gasteiger partial charge in [0.05, 0.1) is 5.71 Å². The molecule has 2 atom stereocenters. The number of benzene rings is 2. The van der Waals surface area contributed by atoms with Crippen LogP contribution in [0.2, 0.25) is 0 Å². The number of hydrogen-bond donors (Lipinski definition) is 3. The van der Waals surface area contributed by atoms with Crippen molar-refractivity contribution in [3.8, 4) is 0 Å². The van der Waals surface area contributed by atoms with Gasteiger partial charge in [-0.15, -0.1) is 0 Å². The highest BCUT2D eigenvalue weighted by atomic mass is 16.4. The molecule has 2 aromatic rings. The Morgan fingerprint density at radius 3 is 2.70 bits per heavy atom. The van der Waals surface area contributed by atoms with Crippen LogP contribution < -0.4 is 5.32 Å². The fourth-order valence-corrected chi connectivity index (χ4v) is 3.75. The number of anilines is 1. The number of rotatable bonds is 1. The summed E-state index contributed by atoms with van der Waals surface area (Å²) in [6, 6.07) is 14.7. The van der Waals surface area contributed by atoms with Gasteiger partial charge in [-0.05, 0) is 24.5 Å². The van der Waals surface area contributed by atoms with Crippen LogP contribution in [0.4, 0.5) is 5.69 Å². The number of nitrogens with one attached hydrogen (secondary N) is 1. The van der Waals surface area contributed by atoms with Crippen LogP contribution in [0.15, 0.2) is 53.7 Å². The van der Waals surface area contributed by atoms with Crippen molar-refractivity contribution in [2.45, 2.75) is 18.4 Å². The first-order chi connectivity index (χ1) is 11.2. The zero-order chi connectivity index (χ0) is 16.0. The van der Waals surface area contributed by atoms with E-state index < -0.39 is 17.4 Å². The van der Waals surface area contributed by atoms with Gasteiger partial charge >= 0.3 is 0 Å². The van der Waals surface area contributed by atoms with Gasteiger partial charge in [0.25, 0.3) is 5.91 Å². The molecule has 2 aromatic carbocycles. The summed E-state index contributed by atoms with van der Waals surface area (Å²) < 4.78 is 0. The van der Waals surface area contributed by atoms with Crippen molar-refractivity contribution in [2.75, 3.05) is 5.32 Å². The minimum Gasteiger partial charge on any atom is -0.411 e. The van der Waals surface area contributed by atoms with Gasteiger partial charge in [-0.25, -0.2) is 0 Å². The number of para-hydroxylation sites is 1. The van der Waals surface area contributed by atoms with Crippen LogP contribution >= 0.6 is 0 Å². The molecule has 23 heavy (non-hydrogen) atoms. The van der Waals surface area contributed by atoms with Crippen LogP contribution in [0.25, 0.3) is 0 Å². The molecule has 1 heterocycles. The van der Waals surface area contributed by atoms with E-state index in [4.69, 9.17) is 0 Å². The van der Waals surface area contributed by atoms with Gasteiger partial charge < -0.3 is 15.6 Å². The molecule has 1 aliphatic carbocycles. The van der Waals surface area contributed by atoms with E-state index in [-0.39, 0.29) is 0 Å². The lowest BCUT2D eigenvalue weighted by atomic mass is 9.71. The second-order valence-corrected chi connectivity index (χ2v) is 6.00. The summed E-state index contributed by atoms with van der Waals surface area (Å²) >= 11 is 0. The Morgan fingerprint density at radius 1 is 1.13 bits per heavy atom. The number of aryl methyl sites for hydroxylation is 1. The molecule has 5 heteroatoms. The Morgan fingerprint density at radius 2 is 1.87 bits per heavy atom. The summed E-state index contributed by atoms with van der Waals surface area (Å²) in [7, 11) is 0. The monoisotopic (exact) mass is 308 g/mol. The SMILES string of the molecule is O=C1Nc2ccccc2[C@]1(O)[C@H]1CCc2ccccc2C1=NO. The van der Waals surface area contributed by atoms with Gasteiger partial charge in [0, 0.05) is 22.7 Å². The maximum Gasteiger partial charge on any atom is 0.261 e. The molecule has 5 nitrogen and oxygen atoms in total. The van der Waals surface area contributed by atoms with Crippen molar-refractivity contribution in [1.82, 2.24) is 0 Å². The van der Waals surface area contributed by atoms with Crippen molar-refractivity contribution in [3.63, 3.8) is 0 Å². The van der Waals surface area contributed by atoms with E-state index >= 15 is 0 Å². The van der Waals surface area contributed by atoms with Crippen molar-refractivity contribution in [2.24, 2.45) is 11.1 Å². The second-order valence-electron chi connectivity index (χ2n) is 6.00. The lowest BCUT2D eigenvalue weighted by Crippen LogP contribution is -2.47. The highest BCUT2D eigenvalue weighted by Gasteiger charge is 2.54. The predicted molar refractivity (Wildman–Crippen MR) is 85.5 cm³/mol. The molecule has 4 rings (SSSR count). The zero-order valence-corrected chi connectivity index (χ0v) is 12.4. The predicted octanol–water partition coefficient (Wildman–Crippen LogP) is 2.27. The van der Waals surface area contributed by atoms with Crippen LogP contribution in [-0.4, -0.2) is 21.9 Å². The van der Waals surface area contributed by atoms with E-state index in [9.17, 15) is 15.1 Å². The molecule has 1 amide bonds. The number of fused-ring (bicyclic) bond motifs is 2. The summed E-state index contributed by atoms with van der Waals surface area (Å²) in [5, 5.41) is 27.0. The third kappa shape index (κ3) is 1.83. The van der Waals surface area contributed by atoms with Crippen molar-refractivity contribution in [3.05, 3.63) is 65.2 Å². The molecule has 0 unspecified atom stereocenters. The summed E-state index contributed by atoms with van der Waals surface area (Å²) in [6.07, 6.45) is 1.26. The third-order valence-electron chi connectivity index (χ3n) is 4.87. The molecule has 116 valence electrons. The Hall–Kier alpha value is -2.66. The second kappa shape index (κ2) is 4.93. The van der Waals surface area contributed by atoms with Gasteiger partial charge in [0.2, 0.25) is 0 Å². The van der Waals surface area contributed by atoms with Crippen LogP contribution in [0.5, 0.6) is 0 Å². The molecule has 0 aromatic heterocycles. The number of oxime groups is 1. The van der Waals surface area contributed by atoms with E-state index in [2.05, 4.69) is 10.5 Å². The number of aliphatic hydroxyl groups is 1. The fourth-order valence-electron chi connectivity index (χ4n) is 3.75. The number of carbonyl (C=O) groups is 1. The van der Waals surface area contributed by atoms with Gasteiger partial charge in [-0.3, -0.25) is 4.79 Å². The first-order valence-corrected chi connectivity index (χ1v) is 7.60. The van der Waals surface area contributed by atoms with Crippen LogP contribution in [0.1, 0.15) is 23.1 Å². The van der Waals surface area contributed by atoms with Crippen molar-refractivity contribution in [1.29, 1.82) is 0 Å². The average molecular weight is 308 g/mol. The molecule has 2 aliphatic rings. The molecular formula is C18H16N2O3. The molecular weight excluding hydrogens is 292 g/mol. The molecule has 3 N–H and O–H groups in total. The maximum atomic E-state index is 12.5. The van der Waals surface area contributed by atoms with E-state index in [0.717, 1.165) is 17.5 Å². The first-order valence-electron chi connectivity index (χ1n) is 7.60. The van der Waals surface area contributed by atoms with E-state index in [1.807, 2.05) is 30.3 Å². The first kappa shape index (κ1) is 14.0. The summed E-state index contributed by atoms with van der Waals surface area (Å²) in [5.74, 6) is -1.06. The highest BCUT2D eigenvalue weighted by molar-refractivity contribution is 6.12. The smallest absolute Gasteiger partial charge is 0.261 e. The Kier molecular flexibility index (Phi) is 2.99. The van der Waals surface area contributed by atoms with Crippen LogP contribution in [0.3, 0.4) is 0 Å². The summed E-state index contributed by atoms with van der Waals surface area (Å²) in [4.78, 5) is 12.5. The van der Waals surface area contributed by atoms with Crippen LogP contribution in [-0.2, 0) is 16.8 Å². The lowest BCUT2D eigenvalue weighted by molar-refractivity contribution is -0.137. The Balaban J connectivity index is 1.87. The standard InChI is InChI=1S/C18H16N2O3/c21-17-18(22,13-7-3-4-8-15(13)19-17)14-10-9-11-5-1-2-6-12(11)16(14)20-23/h1-8,14,22-23H,9-10H2,(H,19,21)/t14-,18-/m0/s1. The Bertz CT molecular complexity index is 831. The van der Waals surface area contributed by atoms with Gasteiger partial charge in [0.15, 0.2) is 5.60 Å². The maximum absolute atomic E-state index is 12.5. The van der Waals surface area contributed by atoms with Gasteiger partial charge in [0.1, 0.15) is 0 Å². The topological polar surface area (TPSA) is 81.9 Å². The molecule has 0 spiro atoms. The van der Waals surface area contributed by atoms with Crippen molar-refractivity contribution >= 4 is 17.3 Å².